The lowest BCUT2D eigenvalue weighted by atomic mass is 9.81. The molecule has 2 aliphatic rings. The van der Waals surface area contributed by atoms with Crippen LogP contribution in [0.2, 0.25) is 0 Å². The molecular formula is C27H31F4N3O4. The second-order valence-corrected chi connectivity index (χ2v) is 10.3. The summed E-state index contributed by atoms with van der Waals surface area (Å²) in [5, 5.41) is 10.0. The fourth-order valence-corrected chi connectivity index (χ4v) is 5.24. The zero-order chi connectivity index (χ0) is 27.6. The molecule has 4 rings (SSSR count). The van der Waals surface area contributed by atoms with E-state index in [-0.39, 0.29) is 23.6 Å². The first-order valence-corrected chi connectivity index (χ1v) is 12.7. The molecule has 1 saturated carbocycles. The van der Waals surface area contributed by atoms with Crippen molar-refractivity contribution in [1.29, 1.82) is 0 Å². The van der Waals surface area contributed by atoms with Gasteiger partial charge < -0.3 is 19.6 Å². The maximum Gasteiger partial charge on any atom is 0.421 e. The second kappa shape index (κ2) is 11.3. The van der Waals surface area contributed by atoms with Crippen molar-refractivity contribution in [1.82, 2.24) is 9.88 Å². The van der Waals surface area contributed by atoms with Crippen LogP contribution in [0.25, 0.3) is 0 Å². The summed E-state index contributed by atoms with van der Waals surface area (Å²) in [5.41, 5.74) is -1.77. The Balaban J connectivity index is 1.75. The number of carbonyl (C=O) groups excluding carboxylic acids is 1. The van der Waals surface area contributed by atoms with Crippen LogP contribution in [0.1, 0.15) is 61.4 Å². The van der Waals surface area contributed by atoms with E-state index in [1.165, 1.54) is 4.90 Å². The van der Waals surface area contributed by atoms with E-state index < -0.39 is 40.7 Å². The summed E-state index contributed by atoms with van der Waals surface area (Å²) in [4.78, 5) is 33.2. The number of hydrogen-bond acceptors (Lipinski definition) is 5. The number of piperidine rings is 1. The lowest BCUT2D eigenvalue weighted by molar-refractivity contribution is -0.139. The first-order chi connectivity index (χ1) is 18.0. The smallest absolute Gasteiger partial charge is 0.421 e. The third kappa shape index (κ3) is 6.09. The maximum absolute atomic E-state index is 15.4. The highest BCUT2D eigenvalue weighted by atomic mass is 19.4. The predicted octanol–water partition coefficient (Wildman–Crippen LogP) is 5.98. The van der Waals surface area contributed by atoms with Gasteiger partial charge in [-0.15, -0.1) is 0 Å². The van der Waals surface area contributed by atoms with Crippen molar-refractivity contribution in [2.75, 3.05) is 25.0 Å². The summed E-state index contributed by atoms with van der Waals surface area (Å²) in [6.45, 7) is 3.49. The summed E-state index contributed by atoms with van der Waals surface area (Å²) >= 11 is 0. The van der Waals surface area contributed by atoms with E-state index in [9.17, 15) is 27.9 Å². The molecule has 0 radical (unpaired) electrons. The van der Waals surface area contributed by atoms with Gasteiger partial charge in [0.25, 0.3) is 0 Å². The number of alkyl halides is 3. The van der Waals surface area contributed by atoms with E-state index in [4.69, 9.17) is 4.74 Å². The van der Waals surface area contributed by atoms with Crippen LogP contribution in [0.5, 0.6) is 11.6 Å². The first-order valence-electron chi connectivity index (χ1n) is 12.7. The number of carboxylic acid groups (broad SMARTS) is 1. The van der Waals surface area contributed by atoms with Gasteiger partial charge in [0.15, 0.2) is 11.6 Å². The van der Waals surface area contributed by atoms with E-state index in [0.29, 0.717) is 44.7 Å². The van der Waals surface area contributed by atoms with Crippen LogP contribution < -0.4 is 9.64 Å². The Morgan fingerprint density at radius 2 is 1.76 bits per heavy atom. The molecule has 11 heteroatoms. The molecule has 0 spiro atoms. The number of anilines is 1. The molecule has 2 heterocycles. The highest BCUT2D eigenvalue weighted by molar-refractivity contribution is 6.03. The Hall–Kier alpha value is -3.21. The zero-order valence-corrected chi connectivity index (χ0v) is 21.3. The van der Waals surface area contributed by atoms with Gasteiger partial charge in [-0.05, 0) is 76.7 Å². The molecule has 2 aromatic rings. The summed E-state index contributed by atoms with van der Waals surface area (Å²) in [6.07, 6.45) is 0.460. The molecule has 38 heavy (non-hydrogen) atoms. The first kappa shape index (κ1) is 27.8. The van der Waals surface area contributed by atoms with Crippen LogP contribution >= 0.6 is 0 Å². The van der Waals surface area contributed by atoms with Gasteiger partial charge in [-0.2, -0.15) is 13.2 Å². The van der Waals surface area contributed by atoms with Crippen LogP contribution in [-0.4, -0.2) is 53.0 Å². The minimum absolute atomic E-state index is 0.113. The van der Waals surface area contributed by atoms with Gasteiger partial charge in [0.1, 0.15) is 5.56 Å². The molecule has 1 aromatic carbocycles. The van der Waals surface area contributed by atoms with Gasteiger partial charge in [-0.3, -0.25) is 4.79 Å². The Bertz CT molecular complexity index is 1170. The van der Waals surface area contributed by atoms with E-state index in [1.54, 1.807) is 0 Å². The summed E-state index contributed by atoms with van der Waals surface area (Å²) < 4.78 is 60.7. The number of aromatic carboxylic acids is 1. The number of rotatable bonds is 6. The summed E-state index contributed by atoms with van der Waals surface area (Å²) in [7, 11) is 1.95. The van der Waals surface area contributed by atoms with E-state index in [0.717, 1.165) is 43.3 Å². The molecule has 1 saturated heterocycles. The zero-order valence-electron chi connectivity index (χ0n) is 21.3. The van der Waals surface area contributed by atoms with Crippen LogP contribution in [0, 0.1) is 17.7 Å². The number of amides is 1. The van der Waals surface area contributed by atoms with Crippen molar-refractivity contribution in [3.63, 3.8) is 0 Å². The number of hydrogen-bond donors (Lipinski definition) is 1. The number of carbonyl (C=O) groups is 2. The number of pyridine rings is 1. The fraction of sp³-hybridized carbons (Fsp3) is 0.519. The van der Waals surface area contributed by atoms with Crippen LogP contribution in [-0.2, 0) is 11.0 Å². The quantitative estimate of drug-likeness (QED) is 0.457. The number of aromatic nitrogens is 1. The van der Waals surface area contributed by atoms with Crippen molar-refractivity contribution >= 4 is 17.6 Å². The Kier molecular flexibility index (Phi) is 8.25. The summed E-state index contributed by atoms with van der Waals surface area (Å²) in [6, 6.07) is 3.18. The molecule has 1 aliphatic carbocycles. The third-order valence-electron chi connectivity index (χ3n) is 7.48. The highest BCUT2D eigenvalue weighted by Gasteiger charge is 2.38. The molecule has 2 fully saturated rings. The van der Waals surface area contributed by atoms with Crippen molar-refractivity contribution in [2.24, 2.45) is 11.8 Å². The average Bonchev–Trinajstić information content (AvgIpc) is 2.86. The highest BCUT2D eigenvalue weighted by Crippen LogP contribution is 2.40. The standard InChI is InChI=1S/C27H31F4N3O4/c1-16-5-7-17(8-6-16)25(35)34(18-9-12-33(2)13-10-18)22-15-21(28)23(14-19(22)26(36)37)38-24-20(27(29,30)31)4-3-11-32-24/h3-4,11,14-18H,5-10,12-13H2,1-2H3,(H,36,37). The van der Waals surface area contributed by atoms with Crippen molar-refractivity contribution in [3.8, 4) is 11.6 Å². The normalized spacial score (nSPS) is 21.2. The Morgan fingerprint density at radius 3 is 2.37 bits per heavy atom. The van der Waals surface area contributed by atoms with Crippen molar-refractivity contribution in [2.45, 2.75) is 57.7 Å². The minimum Gasteiger partial charge on any atom is -0.478 e. The van der Waals surface area contributed by atoms with Gasteiger partial charge in [-0.25, -0.2) is 14.2 Å². The molecule has 206 valence electrons. The van der Waals surface area contributed by atoms with Gasteiger partial charge in [0.2, 0.25) is 11.8 Å². The van der Waals surface area contributed by atoms with E-state index in [2.05, 4.69) is 16.8 Å². The number of likely N-dealkylation sites (tertiary alicyclic amines) is 1. The van der Waals surface area contributed by atoms with E-state index in [1.807, 2.05) is 7.05 Å². The number of benzene rings is 1. The predicted molar refractivity (Wildman–Crippen MR) is 132 cm³/mol. The second-order valence-electron chi connectivity index (χ2n) is 10.3. The molecule has 0 unspecified atom stereocenters. The van der Waals surface area contributed by atoms with Gasteiger partial charge in [0, 0.05) is 30.3 Å². The molecule has 1 amide bonds. The minimum atomic E-state index is -4.81. The van der Waals surface area contributed by atoms with Gasteiger partial charge in [0.05, 0.1) is 11.3 Å². The SMILES string of the molecule is CC1CCC(C(=O)N(c2cc(F)c(Oc3ncccc3C(F)(F)F)cc2C(=O)O)C2CCN(C)CC2)CC1. The topological polar surface area (TPSA) is 83.0 Å². The largest absolute Gasteiger partial charge is 0.478 e. The van der Waals surface area contributed by atoms with Crippen molar-refractivity contribution in [3.05, 3.63) is 47.4 Å². The average molecular weight is 538 g/mol. The molecule has 1 aliphatic heterocycles. The van der Waals surface area contributed by atoms with Crippen LogP contribution in [0.3, 0.4) is 0 Å². The monoisotopic (exact) mass is 537 g/mol. The van der Waals surface area contributed by atoms with Crippen LogP contribution in [0.15, 0.2) is 30.5 Å². The molecule has 1 aromatic heterocycles. The molecule has 0 atom stereocenters. The van der Waals surface area contributed by atoms with E-state index >= 15 is 4.39 Å². The number of ether oxygens (including phenoxy) is 1. The molecule has 0 bridgehead atoms. The number of carboxylic acids is 1. The van der Waals surface area contributed by atoms with Crippen molar-refractivity contribution < 1.29 is 37.0 Å². The number of halogens is 4. The summed E-state index contributed by atoms with van der Waals surface area (Å²) in [5.74, 6) is -4.23. The van der Waals surface area contributed by atoms with Crippen LogP contribution in [0.4, 0.5) is 23.2 Å². The molecule has 1 N–H and O–H groups in total. The van der Waals surface area contributed by atoms with Gasteiger partial charge >= 0.3 is 12.1 Å². The Morgan fingerprint density at radius 1 is 1.11 bits per heavy atom. The molecule has 7 nitrogen and oxygen atoms in total. The third-order valence-corrected chi connectivity index (χ3v) is 7.48. The molecular weight excluding hydrogens is 506 g/mol. The van der Waals surface area contributed by atoms with Gasteiger partial charge in [-0.1, -0.05) is 6.92 Å². The fourth-order valence-electron chi connectivity index (χ4n) is 5.24. The lowest BCUT2D eigenvalue weighted by Gasteiger charge is -2.40. The number of nitrogens with zero attached hydrogens (tertiary/aromatic N) is 3. The Labute approximate surface area is 218 Å². The maximum atomic E-state index is 15.4. The lowest BCUT2D eigenvalue weighted by Crippen LogP contribution is -2.49.